The van der Waals surface area contributed by atoms with Gasteiger partial charge in [0.2, 0.25) is 0 Å². The molecule has 6 heteroatoms. The van der Waals surface area contributed by atoms with Crippen molar-refractivity contribution in [3.05, 3.63) is 114 Å². The molecule has 1 saturated heterocycles. The van der Waals surface area contributed by atoms with Crippen LogP contribution in [-0.2, 0) is 6.54 Å². The third-order valence-corrected chi connectivity index (χ3v) is 7.46. The summed E-state index contributed by atoms with van der Waals surface area (Å²) in [5, 5.41) is 3.34. The monoisotopic (exact) mass is 521 g/mol. The van der Waals surface area contributed by atoms with E-state index in [0.717, 1.165) is 43.6 Å². The number of carbonyl (C=O) groups excluding carboxylic acids is 1. The summed E-state index contributed by atoms with van der Waals surface area (Å²) in [6.45, 7) is 2.97. The largest absolute Gasteiger partial charge is 0.493 e. The van der Waals surface area contributed by atoms with Gasteiger partial charge < -0.3 is 14.8 Å². The third kappa shape index (κ3) is 6.47. The maximum Gasteiger partial charge on any atom is 0.270 e. The number of piperidine rings is 1. The van der Waals surface area contributed by atoms with Gasteiger partial charge in [0.1, 0.15) is 5.69 Å². The molecule has 200 valence electrons. The number of methoxy groups -OCH3 is 2. The lowest BCUT2D eigenvalue weighted by Gasteiger charge is -2.36. The highest BCUT2D eigenvalue weighted by Crippen LogP contribution is 2.33. The molecule has 0 radical (unpaired) electrons. The van der Waals surface area contributed by atoms with Crippen LogP contribution in [0.5, 0.6) is 11.5 Å². The Hall–Kier alpha value is -4.16. The van der Waals surface area contributed by atoms with Gasteiger partial charge in [-0.3, -0.25) is 9.69 Å². The summed E-state index contributed by atoms with van der Waals surface area (Å²) in [7, 11) is 3.21. The highest BCUT2D eigenvalue weighted by atomic mass is 16.5. The van der Waals surface area contributed by atoms with Gasteiger partial charge in [0.05, 0.1) is 26.0 Å². The zero-order chi connectivity index (χ0) is 27.0. The van der Waals surface area contributed by atoms with Crippen LogP contribution in [0.3, 0.4) is 0 Å². The summed E-state index contributed by atoms with van der Waals surface area (Å²) < 4.78 is 10.8. The number of nitrogens with zero attached hydrogens (tertiary/aromatic N) is 2. The standard InChI is InChI=1S/C33H35N3O3/c1-38-30-17-16-27(22-31(30)39-2)28-14-9-15-29(34-28)33(37)35-32(25-12-7-4-8-13-25)26-18-20-36(21-19-26)23-24-10-5-3-6-11-24/h3-17,22,26,32H,18-21,23H2,1-2H3,(H,35,37). The van der Waals surface area contributed by atoms with E-state index in [1.54, 1.807) is 20.3 Å². The molecule has 1 N–H and O–H groups in total. The SMILES string of the molecule is COc1ccc(-c2cccc(C(=O)NC(c3ccccc3)C3CCN(Cc4ccccc4)CC3)n2)cc1OC. The maximum absolute atomic E-state index is 13.6. The van der Waals surface area contributed by atoms with E-state index in [2.05, 4.69) is 52.7 Å². The van der Waals surface area contributed by atoms with E-state index >= 15 is 0 Å². The van der Waals surface area contributed by atoms with E-state index in [-0.39, 0.29) is 11.9 Å². The number of carbonyl (C=O) groups is 1. The molecule has 6 nitrogen and oxygen atoms in total. The van der Waals surface area contributed by atoms with Gasteiger partial charge in [-0.25, -0.2) is 4.98 Å². The molecule has 4 aromatic rings. The van der Waals surface area contributed by atoms with Gasteiger partial charge in [-0.2, -0.15) is 0 Å². The van der Waals surface area contributed by atoms with E-state index in [1.807, 2.05) is 48.5 Å². The molecule has 0 spiro atoms. The minimum atomic E-state index is -0.169. The number of likely N-dealkylation sites (tertiary alicyclic amines) is 1. The zero-order valence-electron chi connectivity index (χ0n) is 22.5. The number of pyridine rings is 1. The first-order valence-electron chi connectivity index (χ1n) is 13.5. The summed E-state index contributed by atoms with van der Waals surface area (Å²) in [6.07, 6.45) is 2.04. The van der Waals surface area contributed by atoms with Crippen molar-refractivity contribution in [2.45, 2.75) is 25.4 Å². The van der Waals surface area contributed by atoms with E-state index in [1.165, 1.54) is 5.56 Å². The third-order valence-electron chi connectivity index (χ3n) is 7.46. The summed E-state index contributed by atoms with van der Waals surface area (Å²) in [4.78, 5) is 20.8. The minimum absolute atomic E-state index is 0.0795. The van der Waals surface area contributed by atoms with Crippen LogP contribution in [-0.4, -0.2) is 43.1 Å². The van der Waals surface area contributed by atoms with Crippen molar-refractivity contribution in [3.63, 3.8) is 0 Å². The van der Waals surface area contributed by atoms with Gasteiger partial charge in [-0.15, -0.1) is 0 Å². The molecule has 1 atom stereocenters. The first kappa shape index (κ1) is 26.4. The fourth-order valence-electron chi connectivity index (χ4n) is 5.35. The summed E-state index contributed by atoms with van der Waals surface area (Å²) in [5.74, 6) is 1.44. The van der Waals surface area contributed by atoms with Crippen LogP contribution in [0.2, 0.25) is 0 Å². The molecule has 0 saturated carbocycles. The molecule has 1 aliphatic rings. The highest BCUT2D eigenvalue weighted by Gasteiger charge is 2.29. The number of rotatable bonds is 9. The maximum atomic E-state index is 13.6. The highest BCUT2D eigenvalue weighted by molar-refractivity contribution is 5.93. The van der Waals surface area contributed by atoms with E-state index < -0.39 is 0 Å². The lowest BCUT2D eigenvalue weighted by molar-refractivity contribution is 0.0886. The van der Waals surface area contributed by atoms with E-state index in [0.29, 0.717) is 28.8 Å². The molecular formula is C33H35N3O3. The van der Waals surface area contributed by atoms with Crippen LogP contribution < -0.4 is 14.8 Å². The second-order valence-electron chi connectivity index (χ2n) is 9.94. The Bertz CT molecular complexity index is 1370. The second-order valence-corrected chi connectivity index (χ2v) is 9.94. The van der Waals surface area contributed by atoms with Gasteiger partial charge in [-0.1, -0.05) is 66.7 Å². The normalized spacial score (nSPS) is 14.9. The van der Waals surface area contributed by atoms with Crippen molar-refractivity contribution in [3.8, 4) is 22.8 Å². The van der Waals surface area contributed by atoms with Crippen molar-refractivity contribution in [2.24, 2.45) is 5.92 Å². The van der Waals surface area contributed by atoms with Crippen LogP contribution in [0, 0.1) is 5.92 Å². The van der Waals surface area contributed by atoms with Gasteiger partial charge in [0.25, 0.3) is 5.91 Å². The van der Waals surface area contributed by atoms with Crippen molar-refractivity contribution in [1.29, 1.82) is 0 Å². The minimum Gasteiger partial charge on any atom is -0.493 e. The molecule has 1 aliphatic heterocycles. The fraction of sp³-hybridized carbons (Fsp3) is 0.273. The van der Waals surface area contributed by atoms with Crippen molar-refractivity contribution in [2.75, 3.05) is 27.3 Å². The first-order valence-corrected chi connectivity index (χ1v) is 13.5. The Morgan fingerprint density at radius 2 is 1.56 bits per heavy atom. The zero-order valence-corrected chi connectivity index (χ0v) is 22.5. The Labute approximate surface area is 230 Å². The van der Waals surface area contributed by atoms with Gasteiger partial charge in [0.15, 0.2) is 11.5 Å². The van der Waals surface area contributed by atoms with Crippen LogP contribution >= 0.6 is 0 Å². The van der Waals surface area contributed by atoms with Crippen LogP contribution in [0.25, 0.3) is 11.3 Å². The first-order chi connectivity index (χ1) is 19.1. The number of hydrogen-bond donors (Lipinski definition) is 1. The van der Waals surface area contributed by atoms with Crippen molar-refractivity contribution >= 4 is 5.91 Å². The van der Waals surface area contributed by atoms with Gasteiger partial charge >= 0.3 is 0 Å². The predicted octanol–water partition coefficient (Wildman–Crippen LogP) is 6.15. The quantitative estimate of drug-likeness (QED) is 0.286. The van der Waals surface area contributed by atoms with Crippen molar-refractivity contribution in [1.82, 2.24) is 15.2 Å². The van der Waals surface area contributed by atoms with E-state index in [9.17, 15) is 4.79 Å². The Balaban J connectivity index is 1.31. The second kappa shape index (κ2) is 12.6. The number of benzene rings is 3. The number of amides is 1. The van der Waals surface area contributed by atoms with E-state index in [4.69, 9.17) is 14.5 Å². The molecule has 1 aromatic heterocycles. The molecule has 39 heavy (non-hydrogen) atoms. The number of aromatic nitrogens is 1. The molecule has 0 bridgehead atoms. The summed E-state index contributed by atoms with van der Waals surface area (Å²) in [5.41, 5.74) is 4.42. The smallest absolute Gasteiger partial charge is 0.270 e. The van der Waals surface area contributed by atoms with Crippen LogP contribution in [0.1, 0.15) is 40.5 Å². The van der Waals surface area contributed by atoms with Crippen molar-refractivity contribution < 1.29 is 14.3 Å². The predicted molar refractivity (Wildman–Crippen MR) is 154 cm³/mol. The molecule has 3 aromatic carbocycles. The molecule has 1 amide bonds. The number of hydrogen-bond acceptors (Lipinski definition) is 5. The molecule has 0 aliphatic carbocycles. The average Bonchev–Trinajstić information content (AvgIpc) is 3.01. The topological polar surface area (TPSA) is 63.7 Å². The molecule has 1 unspecified atom stereocenters. The lowest BCUT2D eigenvalue weighted by atomic mass is 9.85. The Kier molecular flexibility index (Phi) is 8.54. The average molecular weight is 522 g/mol. The Morgan fingerprint density at radius 1 is 0.872 bits per heavy atom. The number of ether oxygens (including phenoxy) is 2. The van der Waals surface area contributed by atoms with Crippen LogP contribution in [0.4, 0.5) is 0 Å². The molecule has 5 rings (SSSR count). The lowest BCUT2D eigenvalue weighted by Crippen LogP contribution is -2.40. The van der Waals surface area contributed by atoms with Gasteiger partial charge in [-0.05, 0) is 73.3 Å². The Morgan fingerprint density at radius 3 is 2.26 bits per heavy atom. The fourth-order valence-corrected chi connectivity index (χ4v) is 5.35. The van der Waals surface area contributed by atoms with Gasteiger partial charge in [0, 0.05) is 12.1 Å². The van der Waals surface area contributed by atoms with Crippen LogP contribution in [0.15, 0.2) is 97.1 Å². The molecule has 1 fully saturated rings. The molecule has 2 heterocycles. The summed E-state index contributed by atoms with van der Waals surface area (Å²) in [6, 6.07) is 32.0. The number of nitrogens with one attached hydrogen (secondary N) is 1. The summed E-state index contributed by atoms with van der Waals surface area (Å²) >= 11 is 0. The molecular weight excluding hydrogens is 486 g/mol.